The predicted octanol–water partition coefficient (Wildman–Crippen LogP) is 0.217. The van der Waals surface area contributed by atoms with Crippen molar-refractivity contribution < 1.29 is 14.3 Å². The van der Waals surface area contributed by atoms with Crippen molar-refractivity contribution >= 4 is 16.3 Å². The molecule has 0 bridgehead atoms. The summed E-state index contributed by atoms with van der Waals surface area (Å²) in [5, 5.41) is 0. The molecule has 0 N–H and O–H groups in total. The van der Waals surface area contributed by atoms with Gasteiger partial charge in [-0.25, -0.2) is 9.79 Å². The van der Waals surface area contributed by atoms with Crippen molar-refractivity contribution in [2.24, 2.45) is 4.99 Å². The lowest BCUT2D eigenvalue weighted by Gasteiger charge is -2.26. The Hall–Kier alpha value is -0.483. The number of nitrogens with zero attached hydrogens (tertiary/aromatic N) is 1. The van der Waals surface area contributed by atoms with Gasteiger partial charge in [0, 0.05) is 13.2 Å². The van der Waals surface area contributed by atoms with Gasteiger partial charge in [-0.3, -0.25) is 0 Å². The third-order valence-corrected chi connectivity index (χ3v) is 1.55. The van der Waals surface area contributed by atoms with E-state index in [1.54, 1.807) is 0 Å². The largest absolute Gasteiger partial charge is 0.353 e. The van der Waals surface area contributed by atoms with Crippen molar-refractivity contribution in [1.82, 2.24) is 0 Å². The number of hydrogen-bond acceptors (Lipinski definition) is 4. The monoisotopic (exact) mass is 186 g/mol. The zero-order valence-electron chi connectivity index (χ0n) is 7.29. The summed E-state index contributed by atoms with van der Waals surface area (Å²) < 4.78 is 10.4. The van der Waals surface area contributed by atoms with E-state index in [1.807, 2.05) is 13.8 Å². The van der Waals surface area contributed by atoms with Gasteiger partial charge in [0.2, 0.25) is 6.08 Å². The van der Waals surface area contributed by atoms with Gasteiger partial charge >= 0.3 is 0 Å². The quantitative estimate of drug-likeness (QED) is 0.258. The fourth-order valence-electron chi connectivity index (χ4n) is 0.736. The summed E-state index contributed by atoms with van der Waals surface area (Å²) in [5.41, 5.74) is -0.971. The van der Waals surface area contributed by atoms with Crippen molar-refractivity contribution in [2.75, 3.05) is 19.8 Å². The lowest BCUT2D eigenvalue weighted by atomic mass is 10.6. The third kappa shape index (κ3) is 4.41. The topological polar surface area (TPSA) is 47.9 Å². The van der Waals surface area contributed by atoms with Crippen LogP contribution in [-0.2, 0) is 14.3 Å². The smallest absolute Gasteiger partial charge is 0.235 e. The molecule has 12 heavy (non-hydrogen) atoms. The van der Waals surface area contributed by atoms with Crippen LogP contribution in [0.3, 0.4) is 0 Å². The Kier molecular flexibility index (Phi) is 5.83. The molecule has 0 unspecified atom stereocenters. The van der Waals surface area contributed by atoms with Crippen LogP contribution in [0.4, 0.5) is 0 Å². The van der Waals surface area contributed by atoms with Crippen LogP contribution in [0.5, 0.6) is 0 Å². The molecular formula is C7H12NO3Si. The van der Waals surface area contributed by atoms with Gasteiger partial charge in [0.15, 0.2) is 5.41 Å². The summed E-state index contributed by atoms with van der Waals surface area (Å²) in [6.45, 7) is 4.74. The highest BCUT2D eigenvalue weighted by Crippen LogP contribution is 2.08. The molecule has 0 atom stereocenters. The minimum Gasteiger partial charge on any atom is -0.353 e. The van der Waals surface area contributed by atoms with Gasteiger partial charge in [-0.05, 0) is 13.8 Å². The van der Waals surface area contributed by atoms with E-state index in [0.29, 0.717) is 13.2 Å². The number of aliphatic imine (C=N–C) groups is 1. The predicted molar refractivity (Wildman–Crippen MR) is 44.7 cm³/mol. The molecule has 3 radical (unpaired) electrons. The zero-order chi connectivity index (χ0) is 9.45. The highest BCUT2D eigenvalue weighted by Gasteiger charge is 2.24. The molecule has 0 heterocycles. The highest BCUT2D eigenvalue weighted by atomic mass is 28.1. The summed E-state index contributed by atoms with van der Waals surface area (Å²) in [6.07, 6.45) is 1.42. The molecule has 67 valence electrons. The molecule has 4 nitrogen and oxygen atoms in total. The molecule has 0 aromatic carbocycles. The number of rotatable bonds is 6. The molecule has 0 saturated heterocycles. The van der Waals surface area contributed by atoms with E-state index in [-0.39, 0.29) is 6.54 Å². The van der Waals surface area contributed by atoms with Gasteiger partial charge in [-0.15, -0.1) is 0 Å². The van der Waals surface area contributed by atoms with Gasteiger partial charge < -0.3 is 9.47 Å². The van der Waals surface area contributed by atoms with Crippen LogP contribution < -0.4 is 0 Å². The average Bonchev–Trinajstić information content (AvgIpc) is 2.02. The second kappa shape index (κ2) is 6.08. The number of isocyanates is 1. The fourth-order valence-corrected chi connectivity index (χ4v) is 1.10. The van der Waals surface area contributed by atoms with Crippen LogP contribution >= 0.6 is 0 Å². The van der Waals surface area contributed by atoms with Crippen LogP contribution in [0.2, 0.25) is 0 Å². The Bertz CT molecular complexity index is 162. The summed E-state index contributed by atoms with van der Waals surface area (Å²) in [4.78, 5) is 13.2. The van der Waals surface area contributed by atoms with E-state index in [4.69, 9.17) is 9.47 Å². The van der Waals surface area contributed by atoms with Crippen LogP contribution in [0.25, 0.3) is 0 Å². The standard InChI is InChI=1S/C7H12NO3Si/c1-3-10-7(12,11-4-2)5-8-6-9/h3-5H2,1-2H3. The van der Waals surface area contributed by atoms with Gasteiger partial charge in [0.05, 0.1) is 0 Å². The maximum Gasteiger partial charge on any atom is 0.235 e. The molecule has 0 aliphatic heterocycles. The number of hydrogen-bond donors (Lipinski definition) is 0. The molecule has 5 heteroatoms. The fraction of sp³-hybridized carbons (Fsp3) is 0.857. The van der Waals surface area contributed by atoms with Gasteiger partial charge in [0.25, 0.3) is 0 Å². The highest BCUT2D eigenvalue weighted by molar-refractivity contribution is 6.13. The summed E-state index contributed by atoms with van der Waals surface area (Å²) >= 11 is 0. The minimum absolute atomic E-state index is 0.106. The molecule has 0 aliphatic carbocycles. The van der Waals surface area contributed by atoms with E-state index >= 15 is 0 Å². The van der Waals surface area contributed by atoms with Crippen molar-refractivity contribution in [3.63, 3.8) is 0 Å². The van der Waals surface area contributed by atoms with Crippen LogP contribution in [0, 0.1) is 0 Å². The third-order valence-electron chi connectivity index (χ3n) is 1.11. The molecule has 0 amide bonds. The van der Waals surface area contributed by atoms with Crippen LogP contribution in [0.15, 0.2) is 4.99 Å². The summed E-state index contributed by atoms with van der Waals surface area (Å²) in [5.74, 6) is 0. The van der Waals surface area contributed by atoms with Gasteiger partial charge in [-0.2, -0.15) is 0 Å². The van der Waals surface area contributed by atoms with Crippen molar-refractivity contribution in [3.8, 4) is 0 Å². The van der Waals surface area contributed by atoms with E-state index in [0.717, 1.165) is 0 Å². The molecule has 0 spiro atoms. The number of carbonyl (C=O) groups excluding carboxylic acids is 1. The maximum atomic E-state index is 9.84. The Morgan fingerprint density at radius 3 is 2.25 bits per heavy atom. The molecular weight excluding hydrogens is 174 g/mol. The van der Waals surface area contributed by atoms with E-state index < -0.39 is 5.41 Å². The van der Waals surface area contributed by atoms with Crippen molar-refractivity contribution in [2.45, 2.75) is 19.3 Å². The molecule has 0 aromatic heterocycles. The van der Waals surface area contributed by atoms with E-state index in [1.165, 1.54) is 6.08 Å². The first-order valence-electron chi connectivity index (χ1n) is 3.75. The summed E-state index contributed by atoms with van der Waals surface area (Å²) in [6, 6.07) is 0. The van der Waals surface area contributed by atoms with Crippen molar-refractivity contribution in [1.29, 1.82) is 0 Å². The molecule has 0 saturated carbocycles. The Morgan fingerprint density at radius 1 is 1.42 bits per heavy atom. The lowest BCUT2D eigenvalue weighted by Crippen LogP contribution is -2.40. The Balaban J connectivity index is 4.06. The van der Waals surface area contributed by atoms with E-state index in [9.17, 15) is 4.79 Å². The lowest BCUT2D eigenvalue weighted by molar-refractivity contribution is -0.165. The summed E-state index contributed by atoms with van der Waals surface area (Å²) in [7, 11) is 3.24. The average molecular weight is 186 g/mol. The zero-order valence-corrected chi connectivity index (χ0v) is 8.29. The maximum absolute atomic E-state index is 9.84. The first kappa shape index (κ1) is 11.5. The second-order valence-electron chi connectivity index (χ2n) is 2.03. The minimum atomic E-state index is -0.971. The Labute approximate surface area is 75.4 Å². The molecule has 0 aromatic rings. The van der Waals surface area contributed by atoms with Crippen LogP contribution in [0.1, 0.15) is 13.8 Å². The SMILES string of the molecule is CCOC([Si])(CN=C=O)OCC. The van der Waals surface area contributed by atoms with Crippen LogP contribution in [-0.4, -0.2) is 41.5 Å². The number of ether oxygens (including phenoxy) is 2. The first-order chi connectivity index (χ1) is 5.68. The molecule has 0 fully saturated rings. The van der Waals surface area contributed by atoms with Gasteiger partial charge in [-0.1, -0.05) is 0 Å². The first-order valence-corrected chi connectivity index (χ1v) is 4.25. The molecule has 0 rings (SSSR count). The molecule has 0 aliphatic rings. The van der Waals surface area contributed by atoms with Gasteiger partial charge in [0.1, 0.15) is 16.8 Å². The van der Waals surface area contributed by atoms with Crippen molar-refractivity contribution in [3.05, 3.63) is 0 Å². The normalized spacial score (nSPS) is 10.9. The van der Waals surface area contributed by atoms with E-state index in [2.05, 4.69) is 15.2 Å². The Morgan fingerprint density at radius 2 is 1.92 bits per heavy atom. The second-order valence-corrected chi connectivity index (χ2v) is 2.79.